The van der Waals surface area contributed by atoms with E-state index in [0.29, 0.717) is 53.6 Å². The van der Waals surface area contributed by atoms with Crippen molar-refractivity contribution in [1.82, 2.24) is 25.2 Å². The normalized spacial score (nSPS) is 23.3. The molecule has 2 saturated heterocycles. The van der Waals surface area contributed by atoms with Crippen LogP contribution in [0.3, 0.4) is 0 Å². The molecule has 3 aromatic rings. The number of likely N-dealkylation sites (tertiary alicyclic amines) is 1. The van der Waals surface area contributed by atoms with E-state index in [1.807, 2.05) is 12.1 Å². The SMILES string of the molecule is COc1ccc2ncc(F)c(CCN3C[C@H]4C[C@H](NCc5ccc6c(n5)NC(=O)CO6)[C@@H](C3)O4)c2n1. The molecule has 3 aliphatic rings. The maximum Gasteiger partial charge on any atom is 0.263 e. The first kappa shape index (κ1) is 23.0. The van der Waals surface area contributed by atoms with Crippen molar-refractivity contribution in [2.75, 3.05) is 38.7 Å². The number of amides is 1. The molecule has 2 bridgehead atoms. The Bertz CT molecular complexity index is 1310. The molecule has 3 atom stereocenters. The summed E-state index contributed by atoms with van der Waals surface area (Å²) in [5, 5.41) is 6.31. The number of ether oxygens (including phenoxy) is 3. The maximum atomic E-state index is 14.7. The first-order valence-electron chi connectivity index (χ1n) is 12.1. The Hall–Kier alpha value is -3.41. The highest BCUT2D eigenvalue weighted by Gasteiger charge is 2.40. The second kappa shape index (κ2) is 9.57. The molecule has 6 rings (SSSR count). The fraction of sp³-hybridized carbons (Fsp3) is 0.440. The van der Waals surface area contributed by atoms with Gasteiger partial charge in [-0.15, -0.1) is 0 Å². The van der Waals surface area contributed by atoms with Crippen molar-refractivity contribution in [2.45, 2.75) is 37.6 Å². The van der Waals surface area contributed by atoms with E-state index in [1.165, 1.54) is 6.20 Å². The van der Waals surface area contributed by atoms with E-state index in [4.69, 9.17) is 14.2 Å². The third kappa shape index (κ3) is 4.57. The number of nitrogens with one attached hydrogen (secondary N) is 2. The maximum absolute atomic E-state index is 14.7. The Morgan fingerprint density at radius 2 is 2.17 bits per heavy atom. The van der Waals surface area contributed by atoms with E-state index in [-0.39, 0.29) is 36.6 Å². The zero-order valence-electron chi connectivity index (χ0n) is 19.9. The Morgan fingerprint density at radius 1 is 1.25 bits per heavy atom. The van der Waals surface area contributed by atoms with Gasteiger partial charge < -0.3 is 24.8 Å². The second-order valence-electron chi connectivity index (χ2n) is 9.32. The van der Waals surface area contributed by atoms with Crippen LogP contribution in [-0.4, -0.2) is 77.4 Å². The number of halogens is 1. The van der Waals surface area contributed by atoms with Crippen LogP contribution >= 0.6 is 0 Å². The molecule has 0 aromatic carbocycles. The summed E-state index contributed by atoms with van der Waals surface area (Å²) in [6, 6.07) is 7.44. The number of methoxy groups -OCH3 is 1. The molecule has 0 unspecified atom stereocenters. The van der Waals surface area contributed by atoms with Crippen LogP contribution in [0.15, 0.2) is 30.5 Å². The quantitative estimate of drug-likeness (QED) is 0.507. The molecule has 36 heavy (non-hydrogen) atoms. The molecule has 0 spiro atoms. The van der Waals surface area contributed by atoms with Gasteiger partial charge in [-0.1, -0.05) is 0 Å². The number of aromatic nitrogens is 3. The molecule has 2 N–H and O–H groups in total. The number of anilines is 1. The van der Waals surface area contributed by atoms with Gasteiger partial charge in [-0.2, -0.15) is 0 Å². The summed E-state index contributed by atoms with van der Waals surface area (Å²) in [7, 11) is 1.54. The van der Waals surface area contributed by atoms with Crippen molar-refractivity contribution >= 4 is 22.8 Å². The molecule has 6 heterocycles. The van der Waals surface area contributed by atoms with Crippen molar-refractivity contribution in [3.05, 3.63) is 47.5 Å². The lowest BCUT2D eigenvalue weighted by molar-refractivity contribution is -0.118. The largest absolute Gasteiger partial charge is 0.481 e. The monoisotopic (exact) mass is 494 g/mol. The van der Waals surface area contributed by atoms with Crippen LogP contribution < -0.4 is 20.1 Å². The Kier molecular flexibility index (Phi) is 6.12. The van der Waals surface area contributed by atoms with Crippen LogP contribution in [-0.2, 0) is 22.5 Å². The van der Waals surface area contributed by atoms with Crippen LogP contribution in [0.1, 0.15) is 17.7 Å². The Balaban J connectivity index is 1.08. The summed E-state index contributed by atoms with van der Waals surface area (Å²) in [4.78, 5) is 27.0. The lowest BCUT2D eigenvalue weighted by Crippen LogP contribution is -2.47. The van der Waals surface area contributed by atoms with Gasteiger partial charge in [0.05, 0.1) is 42.2 Å². The standard InChI is InChI=1S/C25H27FN6O4/c1-34-23-5-3-18-24(31-23)16(17(26)10-28-18)6-7-32-11-15-8-19(21(12-32)36-15)27-9-14-2-4-20-25(29-14)30-22(33)13-35-20/h2-5,10,15,19,21,27H,6-9,11-13H2,1H3,(H,29,30,33)/t15-,19+,21-/m1/s1. The summed E-state index contributed by atoms with van der Waals surface area (Å²) in [6.07, 6.45) is 2.86. The third-order valence-electron chi connectivity index (χ3n) is 6.94. The van der Waals surface area contributed by atoms with Crippen molar-refractivity contribution in [3.8, 4) is 11.6 Å². The minimum absolute atomic E-state index is 0.0139. The summed E-state index contributed by atoms with van der Waals surface area (Å²) in [5.74, 6) is 0.936. The van der Waals surface area contributed by atoms with Gasteiger partial charge in [0.2, 0.25) is 5.88 Å². The van der Waals surface area contributed by atoms with Crippen molar-refractivity contribution in [1.29, 1.82) is 0 Å². The summed E-state index contributed by atoms with van der Waals surface area (Å²) >= 11 is 0. The van der Waals surface area contributed by atoms with Gasteiger partial charge in [0, 0.05) is 43.9 Å². The zero-order chi connectivity index (χ0) is 24.6. The Labute approximate surface area is 207 Å². The first-order chi connectivity index (χ1) is 17.6. The number of hydrogen-bond acceptors (Lipinski definition) is 9. The number of pyridine rings is 3. The highest BCUT2D eigenvalue weighted by molar-refractivity contribution is 5.94. The van der Waals surface area contributed by atoms with Gasteiger partial charge in [-0.25, -0.2) is 14.4 Å². The van der Waals surface area contributed by atoms with Gasteiger partial charge in [-0.3, -0.25) is 14.7 Å². The Morgan fingerprint density at radius 3 is 3.06 bits per heavy atom. The van der Waals surface area contributed by atoms with E-state index >= 15 is 0 Å². The van der Waals surface area contributed by atoms with Crippen LogP contribution in [0.25, 0.3) is 11.0 Å². The molecular weight excluding hydrogens is 467 g/mol. The minimum Gasteiger partial charge on any atom is -0.481 e. The fourth-order valence-electron chi connectivity index (χ4n) is 5.17. The number of hydrogen-bond donors (Lipinski definition) is 2. The number of carbonyl (C=O) groups is 1. The highest BCUT2D eigenvalue weighted by Crippen LogP contribution is 2.29. The van der Waals surface area contributed by atoms with Crippen LogP contribution in [0.4, 0.5) is 10.2 Å². The minimum atomic E-state index is -0.349. The smallest absolute Gasteiger partial charge is 0.263 e. The van der Waals surface area contributed by atoms with Gasteiger partial charge >= 0.3 is 0 Å². The van der Waals surface area contributed by atoms with Gasteiger partial charge in [0.1, 0.15) is 5.82 Å². The average Bonchev–Trinajstić information content (AvgIpc) is 3.18. The van der Waals surface area contributed by atoms with E-state index < -0.39 is 0 Å². The zero-order valence-corrected chi connectivity index (χ0v) is 19.9. The van der Waals surface area contributed by atoms with E-state index in [0.717, 1.165) is 25.2 Å². The number of carbonyl (C=O) groups excluding carboxylic acids is 1. The first-order valence-corrected chi connectivity index (χ1v) is 12.1. The van der Waals surface area contributed by atoms with Gasteiger partial charge in [0.25, 0.3) is 5.91 Å². The van der Waals surface area contributed by atoms with Crippen molar-refractivity contribution < 1.29 is 23.4 Å². The molecule has 11 heteroatoms. The summed E-state index contributed by atoms with van der Waals surface area (Å²) < 4.78 is 31.5. The summed E-state index contributed by atoms with van der Waals surface area (Å²) in [6.45, 7) is 2.83. The predicted octanol–water partition coefficient (Wildman–Crippen LogP) is 1.68. The molecule has 3 aliphatic heterocycles. The van der Waals surface area contributed by atoms with Gasteiger partial charge in [-0.05, 0) is 31.0 Å². The van der Waals surface area contributed by atoms with Crippen LogP contribution in [0.2, 0.25) is 0 Å². The van der Waals surface area contributed by atoms with Crippen LogP contribution in [0.5, 0.6) is 11.6 Å². The number of nitrogens with zero attached hydrogens (tertiary/aromatic N) is 4. The van der Waals surface area contributed by atoms with Gasteiger partial charge in [0.15, 0.2) is 18.2 Å². The summed E-state index contributed by atoms with van der Waals surface area (Å²) in [5.41, 5.74) is 2.58. The molecule has 0 aliphatic carbocycles. The number of morpholine rings is 1. The molecule has 3 aromatic heterocycles. The predicted molar refractivity (Wildman–Crippen MR) is 128 cm³/mol. The molecular formula is C25H27FN6O4. The molecule has 1 amide bonds. The number of rotatable bonds is 7. The van der Waals surface area contributed by atoms with E-state index in [2.05, 4.69) is 30.5 Å². The highest BCUT2D eigenvalue weighted by atomic mass is 19.1. The average molecular weight is 495 g/mol. The third-order valence-corrected chi connectivity index (χ3v) is 6.94. The number of fused-ring (bicyclic) bond motifs is 4. The van der Waals surface area contributed by atoms with E-state index in [9.17, 15) is 9.18 Å². The second-order valence-corrected chi connectivity index (χ2v) is 9.32. The molecule has 10 nitrogen and oxygen atoms in total. The lowest BCUT2D eigenvalue weighted by atomic mass is 10.1. The molecule has 0 radical (unpaired) electrons. The molecule has 2 fully saturated rings. The van der Waals surface area contributed by atoms with Crippen LogP contribution in [0, 0.1) is 5.82 Å². The fourth-order valence-corrected chi connectivity index (χ4v) is 5.17. The topological polar surface area (TPSA) is 111 Å². The lowest BCUT2D eigenvalue weighted by Gasteiger charge is -2.33. The van der Waals surface area contributed by atoms with Crippen molar-refractivity contribution in [2.24, 2.45) is 0 Å². The van der Waals surface area contributed by atoms with E-state index in [1.54, 1.807) is 19.2 Å². The molecule has 0 saturated carbocycles. The van der Waals surface area contributed by atoms with Crippen molar-refractivity contribution in [3.63, 3.8) is 0 Å². The molecule has 188 valence electrons.